The van der Waals surface area contributed by atoms with Gasteiger partial charge in [-0.15, -0.1) is 11.3 Å². The molecule has 1 aliphatic rings. The highest BCUT2D eigenvalue weighted by Gasteiger charge is 2.15. The van der Waals surface area contributed by atoms with E-state index in [9.17, 15) is 0 Å². The second-order valence-corrected chi connectivity index (χ2v) is 9.89. The number of fused-ring (bicyclic) bond motifs is 1. The van der Waals surface area contributed by atoms with Gasteiger partial charge in [-0.1, -0.05) is 12.1 Å². The molecule has 3 heterocycles. The third-order valence-corrected chi connectivity index (χ3v) is 7.35. The molecular formula is C26H28N6S. The Balaban J connectivity index is 1.22. The lowest BCUT2D eigenvalue weighted by Crippen LogP contribution is -2.43. The van der Waals surface area contributed by atoms with Gasteiger partial charge in [0.05, 0.1) is 30.2 Å². The topological polar surface area (TPSA) is 60.1 Å². The Morgan fingerprint density at radius 3 is 2.64 bits per heavy atom. The van der Waals surface area contributed by atoms with Crippen LogP contribution in [0.4, 0.5) is 5.69 Å². The molecule has 168 valence electrons. The summed E-state index contributed by atoms with van der Waals surface area (Å²) in [7, 11) is 2.20. The fraction of sp³-hybridized carbons (Fsp3) is 0.308. The van der Waals surface area contributed by atoms with E-state index < -0.39 is 0 Å². The summed E-state index contributed by atoms with van der Waals surface area (Å²) in [4.78, 5) is 10.7. The largest absolute Gasteiger partial charge is 0.379 e. The van der Waals surface area contributed by atoms with Crippen LogP contribution in [-0.4, -0.2) is 52.6 Å². The summed E-state index contributed by atoms with van der Waals surface area (Å²) in [6.07, 6.45) is 3.77. The number of likely N-dealkylation sites (N-methyl/N-ethyl adjacent to an activating group) is 1. The van der Waals surface area contributed by atoms with Crippen molar-refractivity contribution in [2.45, 2.75) is 19.6 Å². The maximum Gasteiger partial charge on any atom is 0.0991 e. The molecule has 0 bridgehead atoms. The van der Waals surface area contributed by atoms with Crippen molar-refractivity contribution >= 4 is 27.1 Å². The molecule has 0 atom stereocenters. The Morgan fingerprint density at radius 2 is 1.85 bits per heavy atom. The Bertz CT molecular complexity index is 1260. The molecule has 5 rings (SSSR count). The minimum Gasteiger partial charge on any atom is -0.379 e. The molecule has 7 heteroatoms. The second kappa shape index (κ2) is 9.75. The summed E-state index contributed by atoms with van der Waals surface area (Å²) in [5, 5.41) is 13.9. The molecule has 1 fully saturated rings. The molecule has 0 aliphatic carbocycles. The number of imidazole rings is 1. The minimum absolute atomic E-state index is 0.682. The van der Waals surface area contributed by atoms with E-state index >= 15 is 0 Å². The van der Waals surface area contributed by atoms with Gasteiger partial charge in [0.25, 0.3) is 0 Å². The molecule has 1 aliphatic heterocycles. The van der Waals surface area contributed by atoms with Crippen LogP contribution in [0.25, 0.3) is 10.1 Å². The first-order valence-corrected chi connectivity index (χ1v) is 12.1. The Labute approximate surface area is 198 Å². The molecule has 6 nitrogen and oxygen atoms in total. The van der Waals surface area contributed by atoms with Crippen LogP contribution < -0.4 is 5.32 Å². The molecule has 0 saturated carbocycles. The SMILES string of the molecule is CN1CCN(Cc2cc3cc(NCc4cncn4Cc4ccc(C#N)cc4)ccc3s2)CC1. The number of hydrogen-bond acceptors (Lipinski definition) is 6. The van der Waals surface area contributed by atoms with Gasteiger partial charge < -0.3 is 14.8 Å². The number of piperazine rings is 1. The molecule has 1 saturated heterocycles. The highest BCUT2D eigenvalue weighted by molar-refractivity contribution is 7.19. The predicted octanol–water partition coefficient (Wildman–Crippen LogP) is 4.38. The highest BCUT2D eigenvalue weighted by atomic mass is 32.1. The van der Waals surface area contributed by atoms with Crippen molar-refractivity contribution in [3.8, 4) is 6.07 Å². The lowest BCUT2D eigenvalue weighted by atomic mass is 10.1. The van der Waals surface area contributed by atoms with E-state index in [4.69, 9.17) is 5.26 Å². The first-order chi connectivity index (χ1) is 16.2. The maximum atomic E-state index is 8.98. The van der Waals surface area contributed by atoms with E-state index in [0.717, 1.165) is 56.2 Å². The number of nitrogens with one attached hydrogen (secondary N) is 1. The zero-order valence-corrected chi connectivity index (χ0v) is 19.7. The summed E-state index contributed by atoms with van der Waals surface area (Å²) in [5.41, 5.74) is 4.08. The van der Waals surface area contributed by atoms with Crippen LogP contribution in [0.5, 0.6) is 0 Å². The van der Waals surface area contributed by atoms with Crippen LogP contribution in [0.1, 0.15) is 21.7 Å². The molecule has 0 amide bonds. The van der Waals surface area contributed by atoms with Crippen molar-refractivity contribution in [1.29, 1.82) is 5.26 Å². The summed E-state index contributed by atoms with van der Waals surface area (Å²) in [5.74, 6) is 0. The van der Waals surface area contributed by atoms with E-state index in [1.807, 2.05) is 48.1 Å². The van der Waals surface area contributed by atoms with Crippen molar-refractivity contribution < 1.29 is 0 Å². The molecule has 0 spiro atoms. The number of nitrogens with zero attached hydrogens (tertiary/aromatic N) is 5. The normalized spacial score (nSPS) is 15.0. The smallest absolute Gasteiger partial charge is 0.0991 e. The standard InChI is InChI=1S/C26H28N6S/c1-30-8-10-31(11-9-30)18-25-13-22-12-23(6-7-26(22)33-25)29-16-24-15-28-19-32(24)17-21-4-2-20(14-27)3-5-21/h2-7,12-13,15,19,29H,8-11,16-18H2,1H3. The molecule has 33 heavy (non-hydrogen) atoms. The monoisotopic (exact) mass is 456 g/mol. The van der Waals surface area contributed by atoms with Crippen LogP contribution in [0, 0.1) is 11.3 Å². The fourth-order valence-electron chi connectivity index (χ4n) is 4.22. The van der Waals surface area contributed by atoms with E-state index in [2.05, 4.69) is 62.1 Å². The maximum absolute atomic E-state index is 8.98. The summed E-state index contributed by atoms with van der Waals surface area (Å²) < 4.78 is 3.49. The van der Waals surface area contributed by atoms with E-state index in [0.29, 0.717) is 12.1 Å². The summed E-state index contributed by atoms with van der Waals surface area (Å²) in [6.45, 7) is 7.09. The Hall–Kier alpha value is -3.18. The predicted molar refractivity (Wildman–Crippen MR) is 134 cm³/mol. The quantitative estimate of drug-likeness (QED) is 0.447. The third kappa shape index (κ3) is 5.25. The first kappa shape index (κ1) is 21.7. The zero-order valence-electron chi connectivity index (χ0n) is 18.9. The van der Waals surface area contributed by atoms with Crippen molar-refractivity contribution in [3.05, 3.63) is 82.8 Å². The highest BCUT2D eigenvalue weighted by Crippen LogP contribution is 2.29. The average molecular weight is 457 g/mol. The van der Waals surface area contributed by atoms with Gasteiger partial charge >= 0.3 is 0 Å². The van der Waals surface area contributed by atoms with Gasteiger partial charge in [0.2, 0.25) is 0 Å². The average Bonchev–Trinajstić information content (AvgIpc) is 3.45. The zero-order chi connectivity index (χ0) is 22.6. The lowest BCUT2D eigenvalue weighted by Gasteiger charge is -2.31. The molecule has 1 N–H and O–H groups in total. The van der Waals surface area contributed by atoms with Gasteiger partial charge in [-0.25, -0.2) is 4.98 Å². The van der Waals surface area contributed by atoms with Crippen molar-refractivity contribution in [3.63, 3.8) is 0 Å². The Kier molecular flexibility index (Phi) is 6.40. The van der Waals surface area contributed by atoms with Crippen LogP contribution >= 0.6 is 11.3 Å². The summed E-state index contributed by atoms with van der Waals surface area (Å²) >= 11 is 1.91. The van der Waals surface area contributed by atoms with Gasteiger partial charge in [0.15, 0.2) is 0 Å². The van der Waals surface area contributed by atoms with Crippen LogP contribution in [0.3, 0.4) is 0 Å². The fourth-order valence-corrected chi connectivity index (χ4v) is 5.31. The number of hydrogen-bond donors (Lipinski definition) is 1. The third-order valence-electron chi connectivity index (χ3n) is 6.25. The van der Waals surface area contributed by atoms with Crippen LogP contribution in [0.2, 0.25) is 0 Å². The number of rotatable bonds is 7. The second-order valence-electron chi connectivity index (χ2n) is 8.72. The van der Waals surface area contributed by atoms with Gasteiger partial charge in [-0.2, -0.15) is 5.26 Å². The van der Waals surface area contributed by atoms with Gasteiger partial charge in [-0.3, -0.25) is 4.90 Å². The number of aromatic nitrogens is 2. The van der Waals surface area contributed by atoms with Gasteiger partial charge in [-0.05, 0) is 54.4 Å². The number of nitriles is 1. The van der Waals surface area contributed by atoms with Crippen LogP contribution in [-0.2, 0) is 19.6 Å². The number of benzene rings is 2. The van der Waals surface area contributed by atoms with Crippen molar-refractivity contribution in [1.82, 2.24) is 19.4 Å². The molecule has 2 aromatic carbocycles. The van der Waals surface area contributed by atoms with Crippen molar-refractivity contribution in [2.24, 2.45) is 0 Å². The molecule has 0 unspecified atom stereocenters. The first-order valence-electron chi connectivity index (χ1n) is 11.3. The van der Waals surface area contributed by atoms with E-state index in [-0.39, 0.29) is 0 Å². The lowest BCUT2D eigenvalue weighted by molar-refractivity contribution is 0.149. The number of anilines is 1. The summed E-state index contributed by atoms with van der Waals surface area (Å²) in [6, 6.07) is 18.9. The molecule has 0 radical (unpaired) electrons. The van der Waals surface area contributed by atoms with Crippen molar-refractivity contribution in [2.75, 3.05) is 38.5 Å². The van der Waals surface area contributed by atoms with Gasteiger partial charge in [0.1, 0.15) is 0 Å². The molecular weight excluding hydrogens is 428 g/mol. The van der Waals surface area contributed by atoms with Gasteiger partial charge in [0, 0.05) is 60.7 Å². The number of thiophene rings is 1. The molecule has 4 aromatic rings. The van der Waals surface area contributed by atoms with E-state index in [1.54, 1.807) is 0 Å². The minimum atomic E-state index is 0.682. The molecule has 2 aromatic heterocycles. The Morgan fingerprint density at radius 1 is 1.03 bits per heavy atom. The van der Waals surface area contributed by atoms with E-state index in [1.165, 1.54) is 15.0 Å². The van der Waals surface area contributed by atoms with Crippen LogP contribution in [0.15, 0.2) is 61.1 Å².